The minimum atomic E-state index is -3.36. The van der Waals surface area contributed by atoms with Crippen molar-refractivity contribution in [2.75, 3.05) is 13.7 Å². The van der Waals surface area contributed by atoms with Gasteiger partial charge in [-0.25, -0.2) is 14.8 Å². The van der Waals surface area contributed by atoms with E-state index in [1.165, 1.54) is 18.9 Å². The van der Waals surface area contributed by atoms with Gasteiger partial charge in [0.25, 0.3) is 5.92 Å². The average molecular weight is 671 g/mol. The Kier molecular flexibility index (Phi) is 9.32. The molecule has 2 aromatic rings. The molecule has 1 saturated heterocycles. The first-order valence-electron chi connectivity index (χ1n) is 17.5. The molecule has 2 amide bonds. The number of halogens is 2. The van der Waals surface area contributed by atoms with Gasteiger partial charge in [0.15, 0.2) is 11.5 Å². The minimum Gasteiger partial charge on any atom is -0.497 e. The molecule has 3 fully saturated rings. The van der Waals surface area contributed by atoms with Crippen LogP contribution in [0.3, 0.4) is 0 Å². The Balaban J connectivity index is 1.43. The number of ether oxygens (including phenoxy) is 3. The van der Waals surface area contributed by atoms with E-state index in [1.807, 2.05) is 13.8 Å². The van der Waals surface area contributed by atoms with Gasteiger partial charge in [0.1, 0.15) is 23.5 Å². The molecule has 2 aliphatic heterocycles. The van der Waals surface area contributed by atoms with Crippen LogP contribution in [0.15, 0.2) is 18.2 Å². The molecule has 6 atom stereocenters. The van der Waals surface area contributed by atoms with Gasteiger partial charge in [-0.05, 0) is 82.3 Å². The first-order valence-corrected chi connectivity index (χ1v) is 17.5. The number of Topliss-reactive ketones (excluding diaryl/α,β-unsaturated/α-hetero) is 1. The van der Waals surface area contributed by atoms with E-state index in [4.69, 9.17) is 14.2 Å². The Labute approximate surface area is 280 Å². The Hall–Kier alpha value is -3.57. The number of methoxy groups -OCH3 is 1. The maximum atomic E-state index is 16.2. The molecule has 1 N–H and O–H groups in total. The molecular weight excluding hydrogens is 622 g/mol. The number of hydrogen-bond acceptors (Lipinski definition) is 8. The first kappa shape index (κ1) is 34.3. The van der Waals surface area contributed by atoms with E-state index in [1.54, 1.807) is 25.1 Å². The predicted molar refractivity (Wildman–Crippen MR) is 174 cm³/mol. The maximum absolute atomic E-state index is 16.2. The molecule has 3 heterocycles. The Morgan fingerprint density at radius 2 is 1.71 bits per heavy atom. The van der Waals surface area contributed by atoms with E-state index in [9.17, 15) is 14.4 Å². The number of hydrogen-bond donors (Lipinski definition) is 1. The molecule has 0 spiro atoms. The smallest absolute Gasteiger partial charge is 0.408 e. The van der Waals surface area contributed by atoms with Crippen LogP contribution in [-0.4, -0.2) is 70.1 Å². The number of ketones is 1. The van der Waals surface area contributed by atoms with Crippen molar-refractivity contribution >= 4 is 28.8 Å². The predicted octanol–water partition coefficient (Wildman–Crippen LogP) is 6.72. The van der Waals surface area contributed by atoms with Gasteiger partial charge in [-0.2, -0.15) is 8.78 Å². The van der Waals surface area contributed by atoms with Gasteiger partial charge in [-0.1, -0.05) is 33.1 Å². The third kappa shape index (κ3) is 6.43. The molecule has 10 nitrogen and oxygen atoms in total. The molecule has 12 heteroatoms. The van der Waals surface area contributed by atoms with Crippen molar-refractivity contribution < 1.29 is 37.4 Å². The maximum Gasteiger partial charge on any atom is 0.408 e. The number of carbonyl (C=O) groups is 3. The number of aromatic nitrogens is 2. The molecule has 4 aliphatic rings. The van der Waals surface area contributed by atoms with Gasteiger partial charge in [-0.15, -0.1) is 0 Å². The fraction of sp³-hybridized carbons (Fsp3) is 0.694. The van der Waals surface area contributed by atoms with E-state index < -0.39 is 65.2 Å². The second kappa shape index (κ2) is 13.0. The highest BCUT2D eigenvalue weighted by Crippen LogP contribution is 2.46. The lowest BCUT2D eigenvalue weighted by molar-refractivity contribution is -0.142. The molecule has 1 aromatic carbocycles. The standard InChI is InChI=1S/C36H48F2N4O6/c1-21-27-20-42(28(21)22(2)43)32(44)30(34(3)15-8-9-16-34)41-33(45)48-35(4)17-10-12-23(35)11-6-7-18-36(37,38)29-31(47-27)40-26-19-24(46-5)13-14-25(26)39-29/h13-14,19,21,23,27-28,30H,6-12,15-18,20H2,1-5H3,(H,41,45)/t21-,23-,27+,28+,30-,35-/m1/s1. The molecular formula is C36H48F2N4O6. The number of benzene rings is 1. The largest absolute Gasteiger partial charge is 0.497 e. The van der Waals surface area contributed by atoms with Gasteiger partial charge in [0.05, 0.1) is 30.7 Å². The molecule has 262 valence electrons. The van der Waals surface area contributed by atoms with Crippen LogP contribution in [0.4, 0.5) is 13.6 Å². The monoisotopic (exact) mass is 670 g/mol. The number of fused-ring (bicyclic) bond motifs is 5. The SMILES string of the molecule is COc1ccc2nc3c(nc2c1)O[C@H]1CN(C(=O)[C@H](C2(C)CCCC2)NC(=O)O[C@]2(C)CCC[C@H]2CCCCC3(F)F)[C@H](C(C)=O)[C@@H]1C. The van der Waals surface area contributed by atoms with Crippen LogP contribution in [0.25, 0.3) is 11.0 Å². The lowest BCUT2D eigenvalue weighted by Gasteiger charge is -2.38. The van der Waals surface area contributed by atoms with Crippen LogP contribution in [0.5, 0.6) is 11.6 Å². The van der Waals surface area contributed by atoms with Crippen LogP contribution in [0, 0.1) is 17.3 Å². The van der Waals surface area contributed by atoms with E-state index in [0.717, 1.165) is 38.5 Å². The average Bonchev–Trinajstić information content (AvgIpc) is 3.73. The third-order valence-corrected chi connectivity index (χ3v) is 11.6. The molecule has 0 radical (unpaired) electrons. The van der Waals surface area contributed by atoms with Crippen molar-refractivity contribution in [1.82, 2.24) is 20.2 Å². The summed E-state index contributed by atoms with van der Waals surface area (Å²) in [6.45, 7) is 7.05. The highest BCUT2D eigenvalue weighted by atomic mass is 19.3. The van der Waals surface area contributed by atoms with Crippen molar-refractivity contribution in [2.45, 2.75) is 128 Å². The fourth-order valence-corrected chi connectivity index (χ4v) is 8.71. The summed E-state index contributed by atoms with van der Waals surface area (Å²) >= 11 is 0. The van der Waals surface area contributed by atoms with E-state index in [2.05, 4.69) is 15.3 Å². The number of carbonyl (C=O) groups excluding carboxylic acids is 3. The van der Waals surface area contributed by atoms with Crippen LogP contribution in [0.2, 0.25) is 0 Å². The Morgan fingerprint density at radius 1 is 1.00 bits per heavy atom. The number of alkyl halides is 2. The van der Waals surface area contributed by atoms with Gasteiger partial charge in [0.2, 0.25) is 11.8 Å². The summed E-state index contributed by atoms with van der Waals surface area (Å²) in [5, 5.41) is 2.97. The Bertz CT molecular complexity index is 1560. The molecule has 2 bridgehead atoms. The first-order chi connectivity index (χ1) is 22.7. The number of alkyl carbamates (subject to hydrolysis) is 1. The van der Waals surface area contributed by atoms with Crippen molar-refractivity contribution in [2.24, 2.45) is 17.3 Å². The zero-order chi connectivity index (χ0) is 34.4. The lowest BCUT2D eigenvalue weighted by atomic mass is 9.79. The quantitative estimate of drug-likeness (QED) is 0.382. The second-order valence-electron chi connectivity index (χ2n) is 15.0. The number of nitrogens with zero attached hydrogens (tertiary/aromatic N) is 3. The molecule has 2 aliphatic carbocycles. The summed E-state index contributed by atoms with van der Waals surface area (Å²) in [7, 11) is 1.50. The van der Waals surface area contributed by atoms with Crippen molar-refractivity contribution in [3.05, 3.63) is 23.9 Å². The van der Waals surface area contributed by atoms with Crippen LogP contribution < -0.4 is 14.8 Å². The second-order valence-corrected chi connectivity index (χ2v) is 15.0. The summed E-state index contributed by atoms with van der Waals surface area (Å²) in [6, 6.07) is 3.02. The zero-order valence-electron chi connectivity index (χ0n) is 28.7. The number of rotatable bonds is 3. The van der Waals surface area contributed by atoms with E-state index in [0.29, 0.717) is 30.5 Å². The molecule has 1 aromatic heterocycles. The third-order valence-electron chi connectivity index (χ3n) is 11.6. The molecule has 48 heavy (non-hydrogen) atoms. The zero-order valence-corrected chi connectivity index (χ0v) is 28.7. The van der Waals surface area contributed by atoms with Gasteiger partial charge < -0.3 is 24.4 Å². The molecule has 2 saturated carbocycles. The summed E-state index contributed by atoms with van der Waals surface area (Å²) in [4.78, 5) is 51.8. The van der Waals surface area contributed by atoms with Crippen molar-refractivity contribution in [1.29, 1.82) is 0 Å². The molecule has 6 rings (SSSR count). The van der Waals surface area contributed by atoms with Crippen molar-refractivity contribution in [3.63, 3.8) is 0 Å². The summed E-state index contributed by atoms with van der Waals surface area (Å²) in [5.74, 6) is -4.40. The number of nitrogens with one attached hydrogen (secondary N) is 1. The van der Waals surface area contributed by atoms with Crippen LogP contribution >= 0.6 is 0 Å². The summed E-state index contributed by atoms with van der Waals surface area (Å²) < 4.78 is 50.1. The topological polar surface area (TPSA) is 120 Å². The normalized spacial score (nSPS) is 32.3. The number of amides is 2. The minimum absolute atomic E-state index is 0.00333. The van der Waals surface area contributed by atoms with Crippen molar-refractivity contribution in [3.8, 4) is 11.6 Å². The summed E-state index contributed by atoms with van der Waals surface area (Å²) in [5.41, 5.74) is -1.28. The van der Waals surface area contributed by atoms with Crippen LogP contribution in [-0.2, 0) is 20.2 Å². The van der Waals surface area contributed by atoms with E-state index in [-0.39, 0.29) is 36.1 Å². The lowest BCUT2D eigenvalue weighted by Crippen LogP contribution is -2.58. The highest BCUT2D eigenvalue weighted by Gasteiger charge is 2.52. The van der Waals surface area contributed by atoms with E-state index >= 15 is 8.78 Å². The van der Waals surface area contributed by atoms with Gasteiger partial charge in [-0.3, -0.25) is 9.59 Å². The molecule has 0 unspecified atom stereocenters. The Morgan fingerprint density at radius 3 is 2.42 bits per heavy atom. The highest BCUT2D eigenvalue weighted by molar-refractivity contribution is 5.92. The van der Waals surface area contributed by atoms with Gasteiger partial charge in [0, 0.05) is 18.4 Å². The van der Waals surface area contributed by atoms with Crippen LogP contribution in [0.1, 0.15) is 104 Å². The fourth-order valence-electron chi connectivity index (χ4n) is 8.71. The summed E-state index contributed by atoms with van der Waals surface area (Å²) in [6.07, 6.45) is 5.03. The van der Waals surface area contributed by atoms with Gasteiger partial charge >= 0.3 is 6.09 Å².